The second kappa shape index (κ2) is 8.49. The number of hydrogen-bond donors (Lipinski definition) is 0. The van der Waals surface area contributed by atoms with Crippen molar-refractivity contribution in [3.63, 3.8) is 0 Å². The van der Waals surface area contributed by atoms with Crippen molar-refractivity contribution in [3.05, 3.63) is 59.9 Å². The van der Waals surface area contributed by atoms with E-state index in [9.17, 15) is 18.0 Å². The van der Waals surface area contributed by atoms with Crippen LogP contribution in [0.1, 0.15) is 16.1 Å². The van der Waals surface area contributed by atoms with Crippen LogP contribution < -0.4 is 0 Å². The van der Waals surface area contributed by atoms with E-state index >= 15 is 0 Å². The van der Waals surface area contributed by atoms with E-state index in [-0.39, 0.29) is 35.9 Å². The van der Waals surface area contributed by atoms with Gasteiger partial charge in [0.25, 0.3) is 0 Å². The van der Waals surface area contributed by atoms with E-state index in [4.69, 9.17) is 0 Å². The van der Waals surface area contributed by atoms with Crippen molar-refractivity contribution in [2.24, 2.45) is 0 Å². The maximum Gasteiger partial charge on any atom is 0.337 e. The summed E-state index contributed by atoms with van der Waals surface area (Å²) in [7, 11) is -2.52. The van der Waals surface area contributed by atoms with Gasteiger partial charge in [-0.2, -0.15) is 4.31 Å². The minimum Gasteiger partial charge on any atom is -0.465 e. The lowest BCUT2D eigenvalue weighted by Crippen LogP contribution is -2.50. The van der Waals surface area contributed by atoms with Crippen LogP contribution in [0, 0.1) is 0 Å². The van der Waals surface area contributed by atoms with E-state index in [1.165, 1.54) is 35.7 Å². The van der Waals surface area contributed by atoms with Crippen LogP contribution in [-0.2, 0) is 26.0 Å². The highest BCUT2D eigenvalue weighted by molar-refractivity contribution is 7.89. The van der Waals surface area contributed by atoms with Crippen LogP contribution in [0.2, 0.25) is 0 Å². The normalized spacial score (nSPS) is 15.2. The number of rotatable bonds is 5. The maximum absolute atomic E-state index is 12.9. The quantitative estimate of drug-likeness (QED) is 0.690. The van der Waals surface area contributed by atoms with E-state index in [1.807, 2.05) is 6.07 Å². The average molecular weight is 403 g/mol. The lowest BCUT2D eigenvalue weighted by atomic mass is 10.2. The summed E-state index contributed by atoms with van der Waals surface area (Å²) in [5.74, 6) is -0.676. The summed E-state index contributed by atoms with van der Waals surface area (Å²) in [5, 5.41) is 0. The minimum absolute atomic E-state index is 0.0312. The fourth-order valence-corrected chi connectivity index (χ4v) is 4.47. The molecule has 3 rings (SSSR count). The van der Waals surface area contributed by atoms with E-state index in [0.29, 0.717) is 18.8 Å². The van der Waals surface area contributed by atoms with Gasteiger partial charge in [0.05, 0.1) is 24.0 Å². The smallest absolute Gasteiger partial charge is 0.337 e. The third-order valence-corrected chi connectivity index (χ3v) is 6.44. The van der Waals surface area contributed by atoms with Gasteiger partial charge in [-0.3, -0.25) is 9.78 Å². The molecule has 1 fully saturated rings. The Labute approximate surface area is 163 Å². The molecule has 0 aliphatic carbocycles. The molecular formula is C19H21N3O5S. The van der Waals surface area contributed by atoms with Crippen molar-refractivity contribution < 1.29 is 22.7 Å². The molecule has 1 aromatic heterocycles. The maximum atomic E-state index is 12.9. The van der Waals surface area contributed by atoms with Crippen LogP contribution in [0.3, 0.4) is 0 Å². The summed E-state index contributed by atoms with van der Waals surface area (Å²) in [4.78, 5) is 29.9. The number of amides is 1. The van der Waals surface area contributed by atoms with E-state index in [0.717, 1.165) is 0 Å². The molecule has 0 atom stereocenters. The Kier molecular flexibility index (Phi) is 6.05. The Morgan fingerprint density at radius 1 is 1.07 bits per heavy atom. The third-order valence-electron chi connectivity index (χ3n) is 4.54. The predicted molar refractivity (Wildman–Crippen MR) is 101 cm³/mol. The molecule has 0 bridgehead atoms. The number of benzene rings is 1. The molecule has 0 N–H and O–H groups in total. The number of carbonyl (C=O) groups is 2. The molecule has 1 aliphatic rings. The van der Waals surface area contributed by atoms with Crippen LogP contribution in [0.4, 0.5) is 0 Å². The number of aromatic nitrogens is 1. The first-order valence-corrected chi connectivity index (χ1v) is 10.2. The number of sulfonamides is 1. The Balaban J connectivity index is 1.65. The Morgan fingerprint density at radius 2 is 1.82 bits per heavy atom. The lowest BCUT2D eigenvalue weighted by molar-refractivity contribution is -0.131. The molecule has 2 aromatic rings. The molecule has 1 aromatic carbocycles. The van der Waals surface area contributed by atoms with Gasteiger partial charge in [-0.15, -0.1) is 0 Å². The first kappa shape index (κ1) is 20.0. The summed E-state index contributed by atoms with van der Waals surface area (Å²) in [5.41, 5.74) is 0.856. The molecular weight excluding hydrogens is 382 g/mol. The molecule has 1 saturated heterocycles. The summed E-state index contributed by atoms with van der Waals surface area (Å²) in [6.07, 6.45) is 1.82. The van der Waals surface area contributed by atoms with Crippen LogP contribution in [0.25, 0.3) is 0 Å². The molecule has 148 valence electrons. The topological polar surface area (TPSA) is 96.9 Å². The summed E-state index contributed by atoms with van der Waals surface area (Å²) in [6.45, 7) is 1.00. The molecule has 28 heavy (non-hydrogen) atoms. The molecule has 1 amide bonds. The first-order chi connectivity index (χ1) is 13.4. The number of ether oxygens (including phenoxy) is 1. The third kappa shape index (κ3) is 4.37. The van der Waals surface area contributed by atoms with Crippen LogP contribution in [0.5, 0.6) is 0 Å². The van der Waals surface area contributed by atoms with Crippen molar-refractivity contribution in [2.45, 2.75) is 11.3 Å². The SMILES string of the molecule is COC(=O)c1cccc(S(=O)(=O)N2CCN(C(=O)Cc3ccccn3)CC2)c1. The van der Waals surface area contributed by atoms with Gasteiger partial charge in [-0.25, -0.2) is 13.2 Å². The Bertz CT molecular complexity index is 955. The predicted octanol–water partition coefficient (Wildman–Crippen LogP) is 0.944. The van der Waals surface area contributed by atoms with Crippen LogP contribution >= 0.6 is 0 Å². The van der Waals surface area contributed by atoms with Gasteiger partial charge in [-0.1, -0.05) is 12.1 Å². The zero-order valence-corrected chi connectivity index (χ0v) is 16.3. The molecule has 9 heteroatoms. The van der Waals surface area contributed by atoms with E-state index in [2.05, 4.69) is 9.72 Å². The average Bonchev–Trinajstić information content (AvgIpc) is 2.74. The lowest BCUT2D eigenvalue weighted by Gasteiger charge is -2.34. The highest BCUT2D eigenvalue weighted by atomic mass is 32.2. The molecule has 2 heterocycles. The van der Waals surface area contributed by atoms with Crippen molar-refractivity contribution in [3.8, 4) is 0 Å². The second-order valence-corrected chi connectivity index (χ2v) is 8.24. The Hall–Kier alpha value is -2.78. The number of esters is 1. The number of pyridine rings is 1. The zero-order valence-electron chi connectivity index (χ0n) is 15.4. The Morgan fingerprint density at radius 3 is 2.46 bits per heavy atom. The van der Waals surface area contributed by atoms with Gasteiger partial charge in [0, 0.05) is 38.1 Å². The van der Waals surface area contributed by atoms with Gasteiger partial charge in [0.1, 0.15) is 0 Å². The number of carbonyl (C=O) groups excluding carboxylic acids is 2. The van der Waals surface area contributed by atoms with Gasteiger partial charge in [-0.05, 0) is 30.3 Å². The molecule has 0 saturated carbocycles. The highest BCUT2D eigenvalue weighted by Gasteiger charge is 2.30. The molecule has 1 aliphatic heterocycles. The highest BCUT2D eigenvalue weighted by Crippen LogP contribution is 2.19. The first-order valence-electron chi connectivity index (χ1n) is 8.78. The second-order valence-electron chi connectivity index (χ2n) is 6.30. The molecule has 0 unspecified atom stereocenters. The van der Waals surface area contributed by atoms with Crippen molar-refractivity contribution in [1.29, 1.82) is 0 Å². The largest absolute Gasteiger partial charge is 0.465 e. The van der Waals surface area contributed by atoms with Crippen molar-refractivity contribution in [1.82, 2.24) is 14.2 Å². The minimum atomic E-state index is -3.76. The number of methoxy groups -OCH3 is 1. The van der Waals surface area contributed by atoms with Crippen LogP contribution in [0.15, 0.2) is 53.6 Å². The van der Waals surface area contributed by atoms with E-state index in [1.54, 1.807) is 23.2 Å². The summed E-state index contributed by atoms with van der Waals surface area (Å²) < 4.78 is 31.7. The molecule has 0 spiro atoms. The van der Waals surface area contributed by atoms with Crippen molar-refractivity contribution >= 4 is 21.9 Å². The number of hydrogen-bond acceptors (Lipinski definition) is 6. The van der Waals surface area contributed by atoms with Crippen molar-refractivity contribution in [2.75, 3.05) is 33.3 Å². The van der Waals surface area contributed by atoms with Gasteiger partial charge < -0.3 is 9.64 Å². The summed E-state index contributed by atoms with van der Waals surface area (Å²) >= 11 is 0. The monoisotopic (exact) mass is 403 g/mol. The standard InChI is InChI=1S/C19H21N3O5S/c1-27-19(24)15-5-4-7-17(13-15)28(25,26)22-11-9-21(10-12-22)18(23)14-16-6-2-3-8-20-16/h2-8,13H,9-12,14H2,1H3. The summed E-state index contributed by atoms with van der Waals surface area (Å²) in [6, 6.07) is 11.1. The van der Waals surface area contributed by atoms with Gasteiger partial charge >= 0.3 is 5.97 Å². The number of piperazine rings is 1. The van der Waals surface area contributed by atoms with E-state index < -0.39 is 16.0 Å². The zero-order chi connectivity index (χ0) is 20.1. The van der Waals surface area contributed by atoms with Gasteiger partial charge in [0.15, 0.2) is 0 Å². The van der Waals surface area contributed by atoms with Crippen LogP contribution in [-0.4, -0.2) is 67.8 Å². The fraction of sp³-hybridized carbons (Fsp3) is 0.316. The number of nitrogens with zero attached hydrogens (tertiary/aromatic N) is 3. The molecule has 8 nitrogen and oxygen atoms in total. The molecule has 0 radical (unpaired) electrons. The van der Waals surface area contributed by atoms with Gasteiger partial charge in [0.2, 0.25) is 15.9 Å². The fourth-order valence-electron chi connectivity index (χ4n) is 3.00.